The van der Waals surface area contributed by atoms with Crippen LogP contribution in [0.5, 0.6) is 0 Å². The quantitative estimate of drug-likeness (QED) is 0.736. The number of carboxylic acids is 1. The number of aromatic nitrogens is 1. The highest BCUT2D eigenvalue weighted by Crippen LogP contribution is 2.24. The van der Waals surface area contributed by atoms with Crippen LogP contribution in [0.15, 0.2) is 54.6 Å². The fourth-order valence-corrected chi connectivity index (χ4v) is 3.77. The molecule has 6 nitrogen and oxygen atoms in total. The predicted octanol–water partition coefficient (Wildman–Crippen LogP) is 3.14. The van der Waals surface area contributed by atoms with Gasteiger partial charge < -0.3 is 19.3 Å². The lowest BCUT2D eigenvalue weighted by Gasteiger charge is -2.35. The molecule has 1 aromatic heterocycles. The van der Waals surface area contributed by atoms with Crippen LogP contribution < -0.4 is 0 Å². The van der Waals surface area contributed by atoms with Crippen molar-refractivity contribution < 1.29 is 23.8 Å². The summed E-state index contributed by atoms with van der Waals surface area (Å²) in [5, 5.41) is 10.2. The molecule has 0 saturated carbocycles. The number of carboxylic acid groups (broad SMARTS) is 1. The molecule has 1 aliphatic heterocycles. The third kappa shape index (κ3) is 3.73. The zero-order valence-corrected chi connectivity index (χ0v) is 15.9. The average Bonchev–Trinajstić information content (AvgIpc) is 3.07. The monoisotopic (exact) mass is 396 g/mol. The van der Waals surface area contributed by atoms with E-state index in [1.807, 2.05) is 24.3 Å². The molecule has 1 unspecified atom stereocenters. The minimum absolute atomic E-state index is 0.0280. The standard InChI is InChI=1S/C22H21FN2O4/c1-14-11-24(13-20(29-14)22(27)28)21(26)19-10-15-6-3-5-9-18(15)25(19)12-16-7-2-4-8-17(16)23/h2-10,14,20H,11-13H2,1H3,(H,27,28)/t14-,20?/m1/s1. The lowest BCUT2D eigenvalue weighted by molar-refractivity contribution is -0.160. The van der Waals surface area contributed by atoms with Gasteiger partial charge in [-0.2, -0.15) is 0 Å². The van der Waals surface area contributed by atoms with Crippen LogP contribution in [0.25, 0.3) is 10.9 Å². The SMILES string of the molecule is C[C@@H]1CN(C(=O)c2cc3ccccc3n2Cc2ccccc2F)CC(C(=O)O)O1. The molecule has 4 rings (SSSR count). The van der Waals surface area contributed by atoms with E-state index in [4.69, 9.17) is 4.74 Å². The van der Waals surface area contributed by atoms with Crippen LogP contribution in [0.1, 0.15) is 23.0 Å². The average molecular weight is 396 g/mol. The molecule has 7 heteroatoms. The molecule has 1 amide bonds. The molecule has 1 saturated heterocycles. The van der Waals surface area contributed by atoms with Gasteiger partial charge in [-0.3, -0.25) is 4.79 Å². The van der Waals surface area contributed by atoms with E-state index in [1.54, 1.807) is 35.8 Å². The first-order valence-corrected chi connectivity index (χ1v) is 9.43. The molecule has 2 aromatic carbocycles. The number of para-hydroxylation sites is 1. The Kier molecular flexibility index (Phi) is 5.07. The molecule has 2 atom stereocenters. The van der Waals surface area contributed by atoms with E-state index in [2.05, 4.69) is 0 Å². The van der Waals surface area contributed by atoms with Crippen LogP contribution in [0, 0.1) is 5.82 Å². The number of aliphatic carboxylic acids is 1. The summed E-state index contributed by atoms with van der Waals surface area (Å²) in [5.74, 6) is -1.73. The van der Waals surface area contributed by atoms with Crippen LogP contribution in [0.2, 0.25) is 0 Å². The molecular formula is C22H21FN2O4. The molecular weight excluding hydrogens is 375 g/mol. The molecule has 3 aromatic rings. The first-order chi connectivity index (χ1) is 13.9. The van der Waals surface area contributed by atoms with E-state index in [0.29, 0.717) is 17.8 Å². The van der Waals surface area contributed by atoms with Gasteiger partial charge >= 0.3 is 5.97 Å². The molecule has 2 heterocycles. The molecule has 1 aliphatic rings. The Bertz CT molecular complexity index is 1080. The number of halogens is 1. The second-order valence-corrected chi connectivity index (χ2v) is 7.25. The molecule has 0 bridgehead atoms. The van der Waals surface area contributed by atoms with Crippen LogP contribution >= 0.6 is 0 Å². The van der Waals surface area contributed by atoms with E-state index in [1.165, 1.54) is 11.0 Å². The second-order valence-electron chi connectivity index (χ2n) is 7.25. The Morgan fingerprint density at radius 1 is 1.14 bits per heavy atom. The Morgan fingerprint density at radius 2 is 1.86 bits per heavy atom. The maximum atomic E-state index is 14.3. The van der Waals surface area contributed by atoms with Gasteiger partial charge in [-0.15, -0.1) is 0 Å². The first kappa shape index (κ1) is 19.1. The molecule has 0 radical (unpaired) electrons. The van der Waals surface area contributed by atoms with Crippen molar-refractivity contribution in [3.05, 3.63) is 71.7 Å². The van der Waals surface area contributed by atoms with Crippen molar-refractivity contribution in [3.63, 3.8) is 0 Å². The van der Waals surface area contributed by atoms with Gasteiger partial charge in [-0.05, 0) is 25.1 Å². The number of ether oxygens (including phenoxy) is 1. The number of morpholine rings is 1. The van der Waals surface area contributed by atoms with Crippen molar-refractivity contribution >= 4 is 22.8 Å². The van der Waals surface area contributed by atoms with Gasteiger partial charge in [0.1, 0.15) is 11.5 Å². The highest BCUT2D eigenvalue weighted by molar-refractivity contribution is 5.99. The van der Waals surface area contributed by atoms with E-state index >= 15 is 0 Å². The summed E-state index contributed by atoms with van der Waals surface area (Å²) in [6.07, 6.45) is -1.45. The zero-order chi connectivity index (χ0) is 20.5. The highest BCUT2D eigenvalue weighted by Gasteiger charge is 2.34. The number of carbonyl (C=O) groups is 2. The van der Waals surface area contributed by atoms with Crippen molar-refractivity contribution in [1.82, 2.24) is 9.47 Å². The first-order valence-electron chi connectivity index (χ1n) is 9.43. The number of benzene rings is 2. The maximum absolute atomic E-state index is 14.3. The molecule has 0 aliphatic carbocycles. The topological polar surface area (TPSA) is 71.8 Å². The third-order valence-corrected chi connectivity index (χ3v) is 5.14. The summed E-state index contributed by atoms with van der Waals surface area (Å²) in [5.41, 5.74) is 1.68. The molecule has 1 N–H and O–H groups in total. The van der Waals surface area contributed by atoms with Crippen molar-refractivity contribution in [3.8, 4) is 0 Å². The Labute approximate surface area is 167 Å². The molecule has 1 fully saturated rings. The summed E-state index contributed by atoms with van der Waals surface area (Å²) in [6.45, 7) is 2.21. The number of hydrogen-bond acceptors (Lipinski definition) is 3. The fraction of sp³-hybridized carbons (Fsp3) is 0.273. The van der Waals surface area contributed by atoms with Gasteiger partial charge in [0.2, 0.25) is 0 Å². The van der Waals surface area contributed by atoms with Gasteiger partial charge in [0.15, 0.2) is 6.10 Å². The van der Waals surface area contributed by atoms with Crippen molar-refractivity contribution in [2.24, 2.45) is 0 Å². The van der Waals surface area contributed by atoms with Crippen LogP contribution in [-0.2, 0) is 16.1 Å². The molecule has 0 spiro atoms. The number of hydrogen-bond donors (Lipinski definition) is 1. The number of rotatable bonds is 4. The molecule has 29 heavy (non-hydrogen) atoms. The minimum atomic E-state index is -1.10. The summed E-state index contributed by atoms with van der Waals surface area (Å²) in [4.78, 5) is 26.2. The predicted molar refractivity (Wildman–Crippen MR) is 105 cm³/mol. The smallest absolute Gasteiger partial charge is 0.334 e. The van der Waals surface area contributed by atoms with Crippen molar-refractivity contribution in [1.29, 1.82) is 0 Å². The Balaban J connectivity index is 1.74. The van der Waals surface area contributed by atoms with Crippen molar-refractivity contribution in [2.45, 2.75) is 25.7 Å². The van der Waals surface area contributed by atoms with Gasteiger partial charge in [0.25, 0.3) is 5.91 Å². The summed E-state index contributed by atoms with van der Waals surface area (Å²) in [6, 6.07) is 15.8. The Morgan fingerprint density at radius 3 is 2.62 bits per heavy atom. The Hall–Kier alpha value is -3.19. The maximum Gasteiger partial charge on any atom is 0.334 e. The number of fused-ring (bicyclic) bond motifs is 1. The number of carbonyl (C=O) groups excluding carboxylic acids is 1. The lowest BCUT2D eigenvalue weighted by Crippen LogP contribution is -2.52. The van der Waals surface area contributed by atoms with E-state index in [9.17, 15) is 19.1 Å². The van der Waals surface area contributed by atoms with Crippen molar-refractivity contribution in [2.75, 3.05) is 13.1 Å². The summed E-state index contributed by atoms with van der Waals surface area (Å²) < 4.78 is 21.5. The van der Waals surface area contributed by atoms with Crippen LogP contribution in [-0.4, -0.2) is 51.7 Å². The summed E-state index contributed by atoms with van der Waals surface area (Å²) in [7, 11) is 0. The van der Waals surface area contributed by atoms with E-state index in [0.717, 1.165) is 10.9 Å². The van der Waals surface area contributed by atoms with Gasteiger partial charge in [-0.1, -0.05) is 36.4 Å². The fourth-order valence-electron chi connectivity index (χ4n) is 3.77. The second kappa shape index (κ2) is 7.67. The molecule has 150 valence electrons. The van der Waals surface area contributed by atoms with Crippen LogP contribution in [0.3, 0.4) is 0 Å². The summed E-state index contributed by atoms with van der Waals surface area (Å²) >= 11 is 0. The number of nitrogens with zero attached hydrogens (tertiary/aromatic N) is 2. The number of amides is 1. The van der Waals surface area contributed by atoms with E-state index < -0.39 is 18.2 Å². The van der Waals surface area contributed by atoms with Gasteiger partial charge in [0.05, 0.1) is 19.2 Å². The highest BCUT2D eigenvalue weighted by atomic mass is 19.1. The third-order valence-electron chi connectivity index (χ3n) is 5.14. The normalized spacial score (nSPS) is 19.4. The zero-order valence-electron chi connectivity index (χ0n) is 15.9. The van der Waals surface area contributed by atoms with Gasteiger partial charge in [0, 0.05) is 23.0 Å². The van der Waals surface area contributed by atoms with E-state index in [-0.39, 0.29) is 24.8 Å². The minimum Gasteiger partial charge on any atom is -0.479 e. The lowest BCUT2D eigenvalue weighted by atomic mass is 10.2. The van der Waals surface area contributed by atoms with Crippen LogP contribution in [0.4, 0.5) is 4.39 Å². The van der Waals surface area contributed by atoms with Gasteiger partial charge in [-0.25, -0.2) is 9.18 Å². The largest absolute Gasteiger partial charge is 0.479 e.